The second-order valence-corrected chi connectivity index (χ2v) is 6.63. The lowest BCUT2D eigenvalue weighted by Gasteiger charge is -2.31. The fourth-order valence-electron chi connectivity index (χ4n) is 2.93. The first-order valence-electron chi connectivity index (χ1n) is 7.21. The van der Waals surface area contributed by atoms with Crippen molar-refractivity contribution in [2.75, 3.05) is 13.1 Å². The van der Waals surface area contributed by atoms with E-state index in [4.69, 9.17) is 5.73 Å². The van der Waals surface area contributed by atoms with Crippen molar-refractivity contribution in [3.05, 3.63) is 33.9 Å². The molecule has 0 radical (unpaired) electrons. The van der Waals surface area contributed by atoms with Gasteiger partial charge in [0.15, 0.2) is 0 Å². The summed E-state index contributed by atoms with van der Waals surface area (Å²) in [5, 5.41) is 3.49. The fraction of sp³-hybridized carbons (Fsp3) is 0.647. The molecule has 0 amide bonds. The number of nitrogens with one attached hydrogen (secondary N) is 1. The lowest BCUT2D eigenvalue weighted by molar-refractivity contribution is 0.454. The summed E-state index contributed by atoms with van der Waals surface area (Å²) in [6.45, 7) is 17.4. The van der Waals surface area contributed by atoms with Gasteiger partial charge in [0.1, 0.15) is 0 Å². The first-order chi connectivity index (χ1) is 8.66. The molecule has 19 heavy (non-hydrogen) atoms. The number of hydrogen-bond acceptors (Lipinski definition) is 2. The molecule has 2 heteroatoms. The predicted molar refractivity (Wildman–Crippen MR) is 84.9 cm³/mol. The van der Waals surface area contributed by atoms with Crippen molar-refractivity contribution in [3.8, 4) is 0 Å². The maximum absolute atomic E-state index is 5.81. The lowest BCUT2D eigenvalue weighted by atomic mass is 9.77. The predicted octanol–water partition coefficient (Wildman–Crippen LogP) is 3.13. The van der Waals surface area contributed by atoms with E-state index in [1.165, 1.54) is 27.8 Å². The van der Waals surface area contributed by atoms with Crippen molar-refractivity contribution in [1.82, 2.24) is 5.32 Å². The Kier molecular flexibility index (Phi) is 5.17. The van der Waals surface area contributed by atoms with Crippen LogP contribution in [0.15, 0.2) is 6.07 Å². The van der Waals surface area contributed by atoms with Gasteiger partial charge in [-0.25, -0.2) is 0 Å². The molecule has 2 nitrogen and oxygen atoms in total. The molecule has 0 saturated carbocycles. The summed E-state index contributed by atoms with van der Waals surface area (Å²) >= 11 is 0. The smallest absolute Gasteiger partial charge is 0.0136 e. The van der Waals surface area contributed by atoms with Gasteiger partial charge in [-0.2, -0.15) is 0 Å². The molecule has 1 aromatic rings. The van der Waals surface area contributed by atoms with Gasteiger partial charge in [0, 0.05) is 24.5 Å². The molecule has 0 aliphatic rings. The average Bonchev–Trinajstić information content (AvgIpc) is 2.25. The second-order valence-electron chi connectivity index (χ2n) is 6.63. The van der Waals surface area contributed by atoms with Crippen LogP contribution in [0.25, 0.3) is 0 Å². The maximum Gasteiger partial charge on any atom is 0.0136 e. The molecule has 0 fully saturated rings. The van der Waals surface area contributed by atoms with Crippen LogP contribution in [0.2, 0.25) is 0 Å². The number of hydrogen-bond donors (Lipinski definition) is 2. The third kappa shape index (κ3) is 3.80. The van der Waals surface area contributed by atoms with Gasteiger partial charge in [0.2, 0.25) is 0 Å². The van der Waals surface area contributed by atoms with E-state index in [0.29, 0.717) is 0 Å². The molecule has 0 spiro atoms. The Balaban J connectivity index is 3.06. The minimum atomic E-state index is 0.125. The van der Waals surface area contributed by atoms with E-state index in [0.717, 1.165) is 13.1 Å². The Labute approximate surface area is 118 Å². The SMILES string of the molecule is Cc1cc(C)c(C)c(C(C)(C)CNCC(C)N)c1C. The average molecular weight is 262 g/mol. The highest BCUT2D eigenvalue weighted by Gasteiger charge is 2.25. The topological polar surface area (TPSA) is 38.0 Å². The van der Waals surface area contributed by atoms with Gasteiger partial charge in [-0.1, -0.05) is 19.9 Å². The van der Waals surface area contributed by atoms with Gasteiger partial charge < -0.3 is 11.1 Å². The summed E-state index contributed by atoms with van der Waals surface area (Å²) in [5.41, 5.74) is 13.0. The molecule has 0 bridgehead atoms. The molecule has 1 rings (SSSR count). The molecule has 0 aliphatic carbocycles. The molecule has 3 N–H and O–H groups in total. The van der Waals surface area contributed by atoms with Crippen molar-refractivity contribution >= 4 is 0 Å². The van der Waals surface area contributed by atoms with Gasteiger partial charge in [-0.3, -0.25) is 0 Å². The first-order valence-corrected chi connectivity index (χ1v) is 7.21. The highest BCUT2D eigenvalue weighted by atomic mass is 14.9. The molecule has 0 aliphatic heterocycles. The van der Waals surface area contributed by atoms with Crippen molar-refractivity contribution < 1.29 is 0 Å². The molecular formula is C17H30N2. The van der Waals surface area contributed by atoms with Gasteiger partial charge in [-0.05, 0) is 62.4 Å². The van der Waals surface area contributed by atoms with E-state index in [2.05, 4.69) is 52.9 Å². The molecule has 0 aromatic heterocycles. The Hall–Kier alpha value is -0.860. The van der Waals surface area contributed by atoms with Gasteiger partial charge >= 0.3 is 0 Å². The van der Waals surface area contributed by atoms with Crippen LogP contribution in [0.4, 0.5) is 0 Å². The Morgan fingerprint density at radius 1 is 1.11 bits per heavy atom. The lowest BCUT2D eigenvalue weighted by Crippen LogP contribution is -2.39. The highest BCUT2D eigenvalue weighted by Crippen LogP contribution is 2.32. The maximum atomic E-state index is 5.81. The highest BCUT2D eigenvalue weighted by molar-refractivity contribution is 5.47. The van der Waals surface area contributed by atoms with Gasteiger partial charge in [0.25, 0.3) is 0 Å². The van der Waals surface area contributed by atoms with E-state index < -0.39 is 0 Å². The minimum absolute atomic E-state index is 0.125. The summed E-state index contributed by atoms with van der Waals surface area (Å²) < 4.78 is 0. The van der Waals surface area contributed by atoms with Crippen LogP contribution in [0.1, 0.15) is 48.6 Å². The zero-order chi connectivity index (χ0) is 14.8. The first kappa shape index (κ1) is 16.2. The van der Waals surface area contributed by atoms with E-state index in [-0.39, 0.29) is 11.5 Å². The summed E-state index contributed by atoms with van der Waals surface area (Å²) in [5.74, 6) is 0. The van der Waals surface area contributed by atoms with Gasteiger partial charge in [-0.15, -0.1) is 0 Å². The van der Waals surface area contributed by atoms with E-state index >= 15 is 0 Å². The second kappa shape index (κ2) is 6.06. The van der Waals surface area contributed by atoms with Crippen LogP contribution in [0, 0.1) is 27.7 Å². The third-order valence-corrected chi connectivity index (χ3v) is 4.08. The Morgan fingerprint density at radius 2 is 1.58 bits per heavy atom. The molecule has 0 heterocycles. The fourth-order valence-corrected chi connectivity index (χ4v) is 2.93. The van der Waals surface area contributed by atoms with Crippen molar-refractivity contribution in [3.63, 3.8) is 0 Å². The number of rotatable bonds is 5. The molecule has 0 saturated heterocycles. The number of benzene rings is 1. The molecule has 1 unspecified atom stereocenters. The van der Waals surface area contributed by atoms with Crippen LogP contribution in [-0.2, 0) is 5.41 Å². The van der Waals surface area contributed by atoms with Crippen LogP contribution >= 0.6 is 0 Å². The van der Waals surface area contributed by atoms with E-state index in [9.17, 15) is 0 Å². The monoisotopic (exact) mass is 262 g/mol. The normalized spacial score (nSPS) is 13.7. The Morgan fingerprint density at radius 3 is 2.00 bits per heavy atom. The third-order valence-electron chi connectivity index (χ3n) is 4.08. The van der Waals surface area contributed by atoms with Crippen LogP contribution in [0.3, 0.4) is 0 Å². The molecule has 1 aromatic carbocycles. The molecular weight excluding hydrogens is 232 g/mol. The van der Waals surface area contributed by atoms with Crippen LogP contribution in [-0.4, -0.2) is 19.1 Å². The molecule has 1 atom stereocenters. The Bertz CT molecular complexity index is 419. The minimum Gasteiger partial charge on any atom is -0.327 e. The zero-order valence-electron chi connectivity index (χ0n) is 13.6. The summed E-state index contributed by atoms with van der Waals surface area (Å²) in [6.07, 6.45) is 0. The molecule has 108 valence electrons. The number of aryl methyl sites for hydroxylation is 2. The van der Waals surface area contributed by atoms with E-state index in [1.54, 1.807) is 0 Å². The van der Waals surface area contributed by atoms with Crippen LogP contribution < -0.4 is 11.1 Å². The largest absolute Gasteiger partial charge is 0.327 e. The van der Waals surface area contributed by atoms with Gasteiger partial charge in [0.05, 0.1) is 0 Å². The standard InChI is InChI=1S/C17H30N2/c1-11-8-12(2)15(5)16(14(11)4)17(6,7)10-19-9-13(3)18/h8,13,19H,9-10,18H2,1-7H3. The van der Waals surface area contributed by atoms with Crippen molar-refractivity contribution in [2.24, 2.45) is 5.73 Å². The quantitative estimate of drug-likeness (QED) is 0.855. The van der Waals surface area contributed by atoms with E-state index in [1.807, 2.05) is 6.92 Å². The zero-order valence-corrected chi connectivity index (χ0v) is 13.6. The summed E-state index contributed by atoms with van der Waals surface area (Å²) in [7, 11) is 0. The summed E-state index contributed by atoms with van der Waals surface area (Å²) in [4.78, 5) is 0. The summed E-state index contributed by atoms with van der Waals surface area (Å²) in [6, 6.07) is 2.50. The van der Waals surface area contributed by atoms with Crippen molar-refractivity contribution in [1.29, 1.82) is 0 Å². The van der Waals surface area contributed by atoms with Crippen molar-refractivity contribution in [2.45, 2.75) is 59.9 Å². The van der Waals surface area contributed by atoms with Crippen LogP contribution in [0.5, 0.6) is 0 Å². The number of nitrogens with two attached hydrogens (primary N) is 1.